The molecule has 0 atom stereocenters. The molecule has 5 heteroatoms. The van der Waals surface area contributed by atoms with Gasteiger partial charge in [0.25, 0.3) is 0 Å². The van der Waals surface area contributed by atoms with Crippen LogP contribution in [0.15, 0.2) is 29.8 Å². The van der Waals surface area contributed by atoms with E-state index < -0.39 is 0 Å². The summed E-state index contributed by atoms with van der Waals surface area (Å²) in [6.07, 6.45) is 4.14. The minimum Gasteiger partial charge on any atom is -0.341 e. The summed E-state index contributed by atoms with van der Waals surface area (Å²) in [4.78, 5) is 12.6. The molecule has 2 N–H and O–H groups in total. The van der Waals surface area contributed by atoms with Crippen LogP contribution in [0.1, 0.15) is 12.8 Å². The first kappa shape index (κ1) is 12.6. The molecule has 4 nitrogen and oxygen atoms in total. The van der Waals surface area contributed by atoms with Crippen molar-refractivity contribution in [1.29, 1.82) is 0 Å². The van der Waals surface area contributed by atoms with Crippen molar-refractivity contribution in [2.45, 2.75) is 12.8 Å². The van der Waals surface area contributed by atoms with Crippen molar-refractivity contribution in [3.63, 3.8) is 0 Å². The zero-order valence-corrected chi connectivity index (χ0v) is 11.6. The summed E-state index contributed by atoms with van der Waals surface area (Å²) >= 11 is 1.71. The van der Waals surface area contributed by atoms with Gasteiger partial charge < -0.3 is 10.6 Å². The number of hydrogen-bond donors (Lipinski definition) is 1. The molecule has 3 rings (SSSR count). The molecule has 0 spiro atoms. The lowest BCUT2D eigenvalue weighted by Crippen LogP contribution is -2.37. The Labute approximate surface area is 117 Å². The van der Waals surface area contributed by atoms with Crippen LogP contribution in [-0.4, -0.2) is 29.6 Å². The van der Waals surface area contributed by atoms with Gasteiger partial charge in [-0.15, -0.1) is 11.3 Å². The Morgan fingerprint density at radius 1 is 1.32 bits per heavy atom. The van der Waals surface area contributed by atoms with Crippen molar-refractivity contribution in [3.05, 3.63) is 29.8 Å². The van der Waals surface area contributed by atoms with Gasteiger partial charge in [0.05, 0.1) is 10.6 Å². The molecule has 1 aliphatic rings. The number of nitrogens with zero attached hydrogens (tertiary/aromatic N) is 3. The Morgan fingerprint density at radius 2 is 2.16 bits per heavy atom. The smallest absolute Gasteiger partial charge is 0.225 e. The van der Waals surface area contributed by atoms with Crippen molar-refractivity contribution in [3.8, 4) is 10.6 Å². The number of aromatic nitrogens is 2. The lowest BCUT2D eigenvalue weighted by Gasteiger charge is -2.31. The van der Waals surface area contributed by atoms with Gasteiger partial charge in [0.2, 0.25) is 5.95 Å². The van der Waals surface area contributed by atoms with Crippen molar-refractivity contribution < 1.29 is 0 Å². The van der Waals surface area contributed by atoms with E-state index in [0.29, 0.717) is 5.92 Å². The molecule has 2 aromatic rings. The third kappa shape index (κ3) is 2.77. The number of rotatable bonds is 3. The number of hydrogen-bond acceptors (Lipinski definition) is 5. The molecule has 0 aliphatic carbocycles. The van der Waals surface area contributed by atoms with Gasteiger partial charge in [-0.2, -0.15) is 0 Å². The van der Waals surface area contributed by atoms with E-state index in [1.165, 1.54) is 4.88 Å². The summed E-state index contributed by atoms with van der Waals surface area (Å²) in [6, 6.07) is 6.12. The van der Waals surface area contributed by atoms with E-state index in [0.717, 1.165) is 44.1 Å². The van der Waals surface area contributed by atoms with Crippen LogP contribution in [0.25, 0.3) is 10.6 Å². The van der Waals surface area contributed by atoms with E-state index in [-0.39, 0.29) is 0 Å². The first-order valence-electron chi connectivity index (χ1n) is 6.69. The van der Waals surface area contributed by atoms with Gasteiger partial charge in [-0.3, -0.25) is 0 Å². The number of piperidine rings is 1. The normalized spacial score (nSPS) is 16.8. The Morgan fingerprint density at radius 3 is 2.84 bits per heavy atom. The predicted octanol–water partition coefficient (Wildman–Crippen LogP) is 2.38. The molecule has 1 saturated heterocycles. The fourth-order valence-corrected chi connectivity index (χ4v) is 3.13. The second-order valence-corrected chi connectivity index (χ2v) is 5.83. The molecular formula is C14H18N4S. The fourth-order valence-electron chi connectivity index (χ4n) is 2.43. The monoisotopic (exact) mass is 274 g/mol. The highest BCUT2D eigenvalue weighted by Gasteiger charge is 2.20. The summed E-state index contributed by atoms with van der Waals surface area (Å²) < 4.78 is 0. The van der Waals surface area contributed by atoms with E-state index in [9.17, 15) is 0 Å². The van der Waals surface area contributed by atoms with Crippen LogP contribution in [0.2, 0.25) is 0 Å². The first-order chi connectivity index (χ1) is 9.36. The molecule has 3 heterocycles. The maximum atomic E-state index is 5.73. The first-order valence-corrected chi connectivity index (χ1v) is 7.56. The zero-order chi connectivity index (χ0) is 13.1. The summed E-state index contributed by atoms with van der Waals surface area (Å²) in [6.45, 7) is 2.81. The molecule has 0 unspecified atom stereocenters. The minimum absolute atomic E-state index is 0.664. The van der Waals surface area contributed by atoms with E-state index in [1.54, 1.807) is 11.3 Å². The topological polar surface area (TPSA) is 55.0 Å². The highest BCUT2D eigenvalue weighted by atomic mass is 32.1. The fraction of sp³-hybridized carbons (Fsp3) is 0.429. The maximum absolute atomic E-state index is 5.73. The van der Waals surface area contributed by atoms with Gasteiger partial charge in [-0.25, -0.2) is 9.97 Å². The predicted molar refractivity (Wildman–Crippen MR) is 79.3 cm³/mol. The van der Waals surface area contributed by atoms with Crippen molar-refractivity contribution in [2.24, 2.45) is 11.7 Å². The van der Waals surface area contributed by atoms with E-state index in [1.807, 2.05) is 12.3 Å². The van der Waals surface area contributed by atoms with Gasteiger partial charge in [0, 0.05) is 19.3 Å². The Kier molecular flexibility index (Phi) is 3.75. The quantitative estimate of drug-likeness (QED) is 0.933. The van der Waals surface area contributed by atoms with Crippen LogP contribution >= 0.6 is 11.3 Å². The summed E-state index contributed by atoms with van der Waals surface area (Å²) in [7, 11) is 0. The van der Waals surface area contributed by atoms with Crippen LogP contribution in [-0.2, 0) is 0 Å². The summed E-state index contributed by atoms with van der Waals surface area (Å²) in [5, 5.41) is 2.07. The molecule has 100 valence electrons. The minimum atomic E-state index is 0.664. The van der Waals surface area contributed by atoms with E-state index in [4.69, 9.17) is 5.73 Å². The van der Waals surface area contributed by atoms with Crippen molar-refractivity contribution >= 4 is 17.3 Å². The van der Waals surface area contributed by atoms with E-state index in [2.05, 4.69) is 32.4 Å². The van der Waals surface area contributed by atoms with Gasteiger partial charge in [0.15, 0.2) is 0 Å². The molecule has 2 aromatic heterocycles. The third-order valence-electron chi connectivity index (χ3n) is 3.65. The second kappa shape index (κ2) is 5.67. The maximum Gasteiger partial charge on any atom is 0.225 e. The highest BCUT2D eigenvalue weighted by molar-refractivity contribution is 7.13. The average Bonchev–Trinajstić information content (AvgIpc) is 3.02. The standard InChI is InChI=1S/C14H18N4S/c15-10-11-4-7-18(8-5-11)14-16-6-3-12(17-14)13-2-1-9-19-13/h1-3,6,9,11H,4-5,7-8,10,15H2. The Bertz CT molecular complexity index is 518. The second-order valence-electron chi connectivity index (χ2n) is 4.89. The largest absolute Gasteiger partial charge is 0.341 e. The number of anilines is 1. The molecule has 0 amide bonds. The number of nitrogens with two attached hydrogens (primary N) is 1. The lowest BCUT2D eigenvalue weighted by molar-refractivity contribution is 0.411. The molecule has 0 saturated carbocycles. The van der Waals surface area contributed by atoms with Crippen LogP contribution in [0.4, 0.5) is 5.95 Å². The highest BCUT2D eigenvalue weighted by Crippen LogP contribution is 2.25. The van der Waals surface area contributed by atoms with Gasteiger partial charge in [0.1, 0.15) is 0 Å². The molecule has 19 heavy (non-hydrogen) atoms. The average molecular weight is 274 g/mol. The molecule has 1 aliphatic heterocycles. The van der Waals surface area contributed by atoms with Crippen molar-refractivity contribution in [1.82, 2.24) is 9.97 Å². The van der Waals surface area contributed by atoms with Crippen molar-refractivity contribution in [2.75, 3.05) is 24.5 Å². The van der Waals surface area contributed by atoms with Gasteiger partial charge >= 0.3 is 0 Å². The molecular weight excluding hydrogens is 256 g/mol. The SMILES string of the molecule is NCC1CCN(c2nccc(-c3cccs3)n2)CC1. The van der Waals surface area contributed by atoms with Gasteiger partial charge in [-0.1, -0.05) is 6.07 Å². The molecule has 0 aromatic carbocycles. The van der Waals surface area contributed by atoms with E-state index >= 15 is 0 Å². The zero-order valence-electron chi connectivity index (χ0n) is 10.8. The van der Waals surface area contributed by atoms with Crippen LogP contribution in [0.5, 0.6) is 0 Å². The molecule has 0 bridgehead atoms. The lowest BCUT2D eigenvalue weighted by atomic mass is 9.97. The third-order valence-corrected chi connectivity index (χ3v) is 4.54. The van der Waals surface area contributed by atoms with Crippen LogP contribution in [0.3, 0.4) is 0 Å². The Balaban J connectivity index is 1.77. The molecule has 1 fully saturated rings. The van der Waals surface area contributed by atoms with Crippen LogP contribution in [0, 0.1) is 5.92 Å². The van der Waals surface area contributed by atoms with Crippen LogP contribution < -0.4 is 10.6 Å². The molecule has 0 radical (unpaired) electrons. The summed E-state index contributed by atoms with van der Waals surface area (Å²) in [5.41, 5.74) is 6.74. The number of thiophene rings is 1. The summed E-state index contributed by atoms with van der Waals surface area (Å²) in [5.74, 6) is 1.51. The Hall–Kier alpha value is -1.46. The van der Waals surface area contributed by atoms with Gasteiger partial charge in [-0.05, 0) is 42.8 Å².